The summed E-state index contributed by atoms with van der Waals surface area (Å²) in [6, 6.07) is 9.66. The second kappa shape index (κ2) is 7.10. The number of aromatic nitrogens is 3. The molecule has 0 unspecified atom stereocenters. The molecule has 0 amide bonds. The molecule has 11 heteroatoms. The van der Waals surface area contributed by atoms with Crippen molar-refractivity contribution in [2.75, 3.05) is 13.4 Å². The van der Waals surface area contributed by atoms with E-state index in [1.807, 2.05) is 0 Å². The molecule has 0 aliphatic rings. The molecular weight excluding hydrogens is 419 g/mol. The van der Waals surface area contributed by atoms with Crippen LogP contribution in [-0.2, 0) is 16.0 Å². The van der Waals surface area contributed by atoms with Crippen LogP contribution in [0.4, 0.5) is 13.2 Å². The van der Waals surface area contributed by atoms with Gasteiger partial charge in [0, 0.05) is 11.8 Å². The third kappa shape index (κ3) is 3.97. The van der Waals surface area contributed by atoms with Gasteiger partial charge >= 0.3 is 6.18 Å². The Hall–Kier alpha value is -2.59. The summed E-state index contributed by atoms with van der Waals surface area (Å²) in [4.78, 5) is 3.63. The van der Waals surface area contributed by atoms with Crippen molar-refractivity contribution in [2.24, 2.45) is 0 Å². The number of hydrogen-bond donors (Lipinski definition) is 0. The minimum Gasteiger partial charge on any atom is -0.495 e. The molecule has 0 saturated heterocycles. The fourth-order valence-electron chi connectivity index (χ4n) is 2.44. The van der Waals surface area contributed by atoms with Crippen LogP contribution in [0.15, 0.2) is 47.4 Å². The molecule has 2 aromatic carbocycles. The van der Waals surface area contributed by atoms with Crippen LogP contribution in [-0.4, -0.2) is 36.5 Å². The number of halogens is 4. The SMILES string of the molecule is COc1ccc(-c2nc(C(F)(F)F)nn2-c2ccc(S(C)(=O)=O)cc2)cc1Cl. The normalized spacial score (nSPS) is 12.2. The number of sulfone groups is 1. The van der Waals surface area contributed by atoms with Crippen molar-refractivity contribution in [3.05, 3.63) is 53.3 Å². The average molecular weight is 432 g/mol. The average Bonchev–Trinajstić information content (AvgIpc) is 3.07. The predicted octanol–water partition coefficient (Wildman–Crippen LogP) is 4.02. The molecule has 0 aliphatic carbocycles. The van der Waals surface area contributed by atoms with Gasteiger partial charge in [0.2, 0.25) is 0 Å². The van der Waals surface area contributed by atoms with Crippen molar-refractivity contribution >= 4 is 21.4 Å². The molecule has 1 aromatic heterocycles. The molecule has 0 saturated carbocycles. The molecule has 0 aliphatic heterocycles. The number of hydrogen-bond acceptors (Lipinski definition) is 5. The summed E-state index contributed by atoms with van der Waals surface area (Å²) in [6.45, 7) is 0. The van der Waals surface area contributed by atoms with Crippen LogP contribution in [0.25, 0.3) is 17.1 Å². The number of ether oxygens (including phenoxy) is 1. The standard InChI is InChI=1S/C17H13ClF3N3O3S/c1-27-14-8-3-10(9-13(14)18)15-22-16(17(19,20)21)23-24(15)11-4-6-12(7-5-11)28(2,25)26/h3-9H,1-2H3. The number of benzene rings is 2. The van der Waals surface area contributed by atoms with Crippen LogP contribution in [0.2, 0.25) is 5.02 Å². The largest absolute Gasteiger partial charge is 0.495 e. The fourth-order valence-corrected chi connectivity index (χ4v) is 3.33. The molecule has 148 valence electrons. The van der Waals surface area contributed by atoms with Crippen LogP contribution in [0.5, 0.6) is 5.75 Å². The van der Waals surface area contributed by atoms with Gasteiger partial charge in [0.05, 0.1) is 22.7 Å². The van der Waals surface area contributed by atoms with Gasteiger partial charge in [0.1, 0.15) is 5.75 Å². The highest BCUT2D eigenvalue weighted by atomic mass is 35.5. The Bertz CT molecular complexity index is 1130. The summed E-state index contributed by atoms with van der Waals surface area (Å²) in [7, 11) is -2.04. The zero-order valence-electron chi connectivity index (χ0n) is 14.5. The second-order valence-electron chi connectivity index (χ2n) is 5.78. The zero-order chi connectivity index (χ0) is 20.7. The zero-order valence-corrected chi connectivity index (χ0v) is 16.1. The number of nitrogens with zero attached hydrogens (tertiary/aromatic N) is 3. The Balaban J connectivity index is 2.18. The van der Waals surface area contributed by atoms with Gasteiger partial charge in [0.25, 0.3) is 5.82 Å². The maximum atomic E-state index is 13.2. The van der Waals surface area contributed by atoms with Gasteiger partial charge in [-0.05, 0) is 42.5 Å². The summed E-state index contributed by atoms with van der Waals surface area (Å²) < 4.78 is 68.7. The minimum absolute atomic E-state index is 0.0291. The van der Waals surface area contributed by atoms with E-state index in [9.17, 15) is 21.6 Å². The van der Waals surface area contributed by atoms with Crippen LogP contribution < -0.4 is 4.74 Å². The first-order chi connectivity index (χ1) is 13.0. The highest BCUT2D eigenvalue weighted by Crippen LogP contribution is 2.33. The van der Waals surface area contributed by atoms with E-state index in [1.54, 1.807) is 0 Å². The first-order valence-electron chi connectivity index (χ1n) is 7.69. The lowest BCUT2D eigenvalue weighted by molar-refractivity contribution is -0.144. The van der Waals surface area contributed by atoms with Crippen molar-refractivity contribution < 1.29 is 26.3 Å². The topological polar surface area (TPSA) is 74.1 Å². The summed E-state index contributed by atoms with van der Waals surface area (Å²) >= 11 is 6.07. The molecule has 0 fully saturated rings. The first-order valence-corrected chi connectivity index (χ1v) is 9.96. The lowest BCUT2D eigenvalue weighted by Gasteiger charge is -2.08. The maximum Gasteiger partial charge on any atom is 0.453 e. The quantitative estimate of drug-likeness (QED) is 0.623. The van der Waals surface area contributed by atoms with E-state index in [-0.39, 0.29) is 27.0 Å². The molecule has 0 bridgehead atoms. The summed E-state index contributed by atoms with van der Waals surface area (Å²) in [6.07, 6.45) is -3.73. The number of rotatable bonds is 4. The molecule has 0 atom stereocenters. The molecule has 0 radical (unpaired) electrons. The Morgan fingerprint density at radius 2 is 1.75 bits per heavy atom. The van der Waals surface area contributed by atoms with E-state index < -0.39 is 21.8 Å². The van der Waals surface area contributed by atoms with Gasteiger partial charge in [-0.1, -0.05) is 11.6 Å². The molecule has 0 spiro atoms. The highest BCUT2D eigenvalue weighted by Gasteiger charge is 2.37. The maximum absolute atomic E-state index is 13.2. The van der Waals surface area contributed by atoms with Crippen molar-refractivity contribution in [3.8, 4) is 22.8 Å². The minimum atomic E-state index is -4.76. The molecule has 3 aromatic rings. The van der Waals surface area contributed by atoms with Crippen molar-refractivity contribution in [1.82, 2.24) is 14.8 Å². The molecule has 6 nitrogen and oxygen atoms in total. The predicted molar refractivity (Wildman–Crippen MR) is 96.5 cm³/mol. The first kappa shape index (κ1) is 20.2. The van der Waals surface area contributed by atoms with E-state index in [0.717, 1.165) is 10.9 Å². The van der Waals surface area contributed by atoms with E-state index in [4.69, 9.17) is 16.3 Å². The van der Waals surface area contributed by atoms with Crippen LogP contribution in [0, 0.1) is 0 Å². The van der Waals surface area contributed by atoms with Gasteiger partial charge < -0.3 is 4.74 Å². The summed E-state index contributed by atoms with van der Waals surface area (Å²) in [5.41, 5.74) is 0.485. The molecule has 0 N–H and O–H groups in total. The summed E-state index contributed by atoms with van der Waals surface area (Å²) in [5, 5.41) is 3.74. The van der Waals surface area contributed by atoms with Crippen LogP contribution >= 0.6 is 11.6 Å². The van der Waals surface area contributed by atoms with E-state index in [2.05, 4.69) is 10.1 Å². The Kier molecular flexibility index (Phi) is 5.11. The van der Waals surface area contributed by atoms with E-state index >= 15 is 0 Å². The lowest BCUT2D eigenvalue weighted by atomic mass is 10.2. The lowest BCUT2D eigenvalue weighted by Crippen LogP contribution is -2.08. The smallest absolute Gasteiger partial charge is 0.453 e. The van der Waals surface area contributed by atoms with Crippen molar-refractivity contribution in [2.45, 2.75) is 11.1 Å². The summed E-state index contributed by atoms with van der Waals surface area (Å²) in [5.74, 6) is -1.09. The third-order valence-corrected chi connectivity index (χ3v) is 5.20. The van der Waals surface area contributed by atoms with Crippen LogP contribution in [0.1, 0.15) is 5.82 Å². The van der Waals surface area contributed by atoms with Gasteiger partial charge in [-0.3, -0.25) is 0 Å². The van der Waals surface area contributed by atoms with E-state index in [1.165, 1.54) is 49.6 Å². The third-order valence-electron chi connectivity index (χ3n) is 3.78. The Labute approximate surface area is 163 Å². The molecule has 3 rings (SSSR count). The second-order valence-corrected chi connectivity index (χ2v) is 8.21. The fraction of sp³-hybridized carbons (Fsp3) is 0.176. The van der Waals surface area contributed by atoms with Gasteiger partial charge in [-0.2, -0.15) is 13.2 Å². The molecular formula is C17H13ClF3N3O3S. The van der Waals surface area contributed by atoms with Gasteiger partial charge in [0.15, 0.2) is 15.7 Å². The molecule has 1 heterocycles. The Morgan fingerprint density at radius 3 is 2.25 bits per heavy atom. The number of methoxy groups -OCH3 is 1. The molecule has 28 heavy (non-hydrogen) atoms. The highest BCUT2D eigenvalue weighted by molar-refractivity contribution is 7.90. The van der Waals surface area contributed by atoms with Crippen LogP contribution in [0.3, 0.4) is 0 Å². The monoisotopic (exact) mass is 431 g/mol. The van der Waals surface area contributed by atoms with Crippen molar-refractivity contribution in [3.63, 3.8) is 0 Å². The Morgan fingerprint density at radius 1 is 1.11 bits per heavy atom. The van der Waals surface area contributed by atoms with Gasteiger partial charge in [-0.25, -0.2) is 18.1 Å². The number of alkyl halides is 3. The van der Waals surface area contributed by atoms with Gasteiger partial charge in [-0.15, -0.1) is 5.10 Å². The van der Waals surface area contributed by atoms with E-state index in [0.29, 0.717) is 5.75 Å². The van der Waals surface area contributed by atoms with Crippen molar-refractivity contribution in [1.29, 1.82) is 0 Å².